The molecule has 0 aliphatic carbocycles. The van der Waals surface area contributed by atoms with Gasteiger partial charge in [0.15, 0.2) is 0 Å². The molecule has 1 N–H and O–H groups in total. The predicted molar refractivity (Wildman–Crippen MR) is 90.8 cm³/mol. The van der Waals surface area contributed by atoms with Crippen molar-refractivity contribution in [2.75, 3.05) is 16.8 Å². The van der Waals surface area contributed by atoms with E-state index < -0.39 is 6.04 Å². The van der Waals surface area contributed by atoms with Crippen LogP contribution in [0.3, 0.4) is 0 Å². The maximum atomic E-state index is 12.3. The Labute approximate surface area is 140 Å². The number of benzene rings is 1. The van der Waals surface area contributed by atoms with E-state index in [9.17, 15) is 9.59 Å². The molecule has 1 atom stereocenters. The zero-order valence-corrected chi connectivity index (χ0v) is 13.9. The first-order valence-electron chi connectivity index (χ1n) is 8.18. The number of rotatable bonds is 5. The van der Waals surface area contributed by atoms with Crippen LogP contribution in [0.4, 0.5) is 11.4 Å². The van der Waals surface area contributed by atoms with E-state index in [1.807, 2.05) is 23.1 Å². The Morgan fingerprint density at radius 2 is 2.21 bits per heavy atom. The lowest BCUT2D eigenvalue weighted by molar-refractivity contribution is -0.119. The average molecular weight is 327 g/mol. The fourth-order valence-corrected chi connectivity index (χ4v) is 2.89. The van der Waals surface area contributed by atoms with Gasteiger partial charge in [-0.2, -0.15) is 5.10 Å². The maximum Gasteiger partial charge on any atom is 0.249 e. The van der Waals surface area contributed by atoms with Crippen molar-refractivity contribution in [3.8, 4) is 0 Å². The summed E-state index contributed by atoms with van der Waals surface area (Å²) in [5.41, 5.74) is 2.78. The van der Waals surface area contributed by atoms with Crippen LogP contribution in [0.2, 0.25) is 0 Å². The maximum absolute atomic E-state index is 12.3. The number of carbonyl (C=O) groups is 2. The van der Waals surface area contributed by atoms with E-state index in [1.54, 1.807) is 6.92 Å². The summed E-state index contributed by atoms with van der Waals surface area (Å²) in [4.78, 5) is 30.1. The number of nitrogens with zero attached hydrogens (tertiary/aromatic N) is 4. The Hall–Kier alpha value is -2.70. The molecule has 0 saturated heterocycles. The molecular formula is C17H21N5O2. The van der Waals surface area contributed by atoms with Gasteiger partial charge >= 0.3 is 0 Å². The van der Waals surface area contributed by atoms with Crippen molar-refractivity contribution >= 4 is 23.2 Å². The second-order valence-corrected chi connectivity index (χ2v) is 5.93. The van der Waals surface area contributed by atoms with Gasteiger partial charge < -0.3 is 10.2 Å². The lowest BCUT2D eigenvalue weighted by atomic mass is 10.00. The SMILES string of the molecule is CCCN1C(=O)CCc2cc(NC(=O)[C@@H](C)n3cncn3)ccc21. The first-order chi connectivity index (χ1) is 11.6. The molecule has 1 aliphatic rings. The summed E-state index contributed by atoms with van der Waals surface area (Å²) in [6.45, 7) is 4.55. The number of hydrogen-bond donors (Lipinski definition) is 1. The third kappa shape index (κ3) is 3.15. The molecule has 126 valence electrons. The van der Waals surface area contributed by atoms with Gasteiger partial charge in [0.05, 0.1) is 0 Å². The molecule has 0 saturated carbocycles. The number of carbonyl (C=O) groups excluding carboxylic acids is 2. The van der Waals surface area contributed by atoms with Crippen LogP contribution in [0.1, 0.15) is 38.3 Å². The largest absolute Gasteiger partial charge is 0.324 e. The highest BCUT2D eigenvalue weighted by Gasteiger charge is 2.24. The Balaban J connectivity index is 1.77. The van der Waals surface area contributed by atoms with Gasteiger partial charge in [-0.25, -0.2) is 9.67 Å². The molecule has 1 aromatic heterocycles. The van der Waals surface area contributed by atoms with Gasteiger partial charge in [-0.15, -0.1) is 0 Å². The van der Waals surface area contributed by atoms with Crippen LogP contribution in [0.25, 0.3) is 0 Å². The van der Waals surface area contributed by atoms with E-state index >= 15 is 0 Å². The highest BCUT2D eigenvalue weighted by atomic mass is 16.2. The van der Waals surface area contributed by atoms with Gasteiger partial charge in [0.2, 0.25) is 11.8 Å². The average Bonchev–Trinajstić information content (AvgIpc) is 3.11. The van der Waals surface area contributed by atoms with E-state index in [1.165, 1.54) is 17.3 Å². The summed E-state index contributed by atoms with van der Waals surface area (Å²) in [6, 6.07) is 5.27. The number of anilines is 2. The molecule has 0 fully saturated rings. The monoisotopic (exact) mass is 327 g/mol. The topological polar surface area (TPSA) is 80.1 Å². The number of aromatic nitrogens is 3. The molecule has 2 heterocycles. The third-order valence-electron chi connectivity index (χ3n) is 4.21. The van der Waals surface area contributed by atoms with Crippen LogP contribution < -0.4 is 10.2 Å². The molecule has 1 aromatic carbocycles. The van der Waals surface area contributed by atoms with Crippen molar-refractivity contribution in [1.82, 2.24) is 14.8 Å². The predicted octanol–water partition coefficient (Wildman–Crippen LogP) is 2.17. The number of fused-ring (bicyclic) bond motifs is 1. The minimum Gasteiger partial charge on any atom is -0.324 e. The van der Waals surface area contributed by atoms with Crippen molar-refractivity contribution < 1.29 is 9.59 Å². The van der Waals surface area contributed by atoms with Crippen molar-refractivity contribution in [2.45, 2.75) is 39.2 Å². The first kappa shape index (κ1) is 16.2. The standard InChI is InChI=1S/C17H21N5O2/c1-3-8-21-15-6-5-14(9-13(15)4-7-16(21)23)20-17(24)12(2)22-11-18-10-19-22/h5-6,9-12H,3-4,7-8H2,1-2H3,(H,20,24)/t12-/m1/s1. The van der Waals surface area contributed by atoms with Crippen LogP contribution in [0.15, 0.2) is 30.9 Å². The first-order valence-corrected chi connectivity index (χ1v) is 8.18. The molecule has 7 heteroatoms. The highest BCUT2D eigenvalue weighted by molar-refractivity contribution is 5.98. The van der Waals surface area contributed by atoms with Gasteiger partial charge in [0.25, 0.3) is 0 Å². The van der Waals surface area contributed by atoms with Crippen molar-refractivity contribution in [1.29, 1.82) is 0 Å². The lowest BCUT2D eigenvalue weighted by Gasteiger charge is -2.29. The molecule has 0 spiro atoms. The van der Waals surface area contributed by atoms with Gasteiger partial charge in [-0.1, -0.05) is 6.92 Å². The van der Waals surface area contributed by atoms with Crippen LogP contribution in [0.5, 0.6) is 0 Å². The van der Waals surface area contributed by atoms with Crippen molar-refractivity contribution in [2.24, 2.45) is 0 Å². The fourth-order valence-electron chi connectivity index (χ4n) is 2.89. The molecule has 3 rings (SSSR count). The number of aryl methyl sites for hydroxylation is 1. The molecule has 0 radical (unpaired) electrons. The number of hydrogen-bond acceptors (Lipinski definition) is 4. The summed E-state index contributed by atoms with van der Waals surface area (Å²) in [7, 11) is 0. The summed E-state index contributed by atoms with van der Waals surface area (Å²) < 4.78 is 1.51. The van der Waals surface area contributed by atoms with Crippen molar-refractivity contribution in [3.63, 3.8) is 0 Å². The van der Waals surface area contributed by atoms with E-state index in [4.69, 9.17) is 0 Å². The number of nitrogens with one attached hydrogen (secondary N) is 1. The second-order valence-electron chi connectivity index (χ2n) is 5.93. The summed E-state index contributed by atoms with van der Waals surface area (Å²) in [6.07, 6.45) is 5.06. The smallest absolute Gasteiger partial charge is 0.249 e. The van der Waals surface area contributed by atoms with E-state index in [0.717, 1.165) is 29.9 Å². The van der Waals surface area contributed by atoms with Gasteiger partial charge in [0.1, 0.15) is 18.7 Å². The Morgan fingerprint density at radius 1 is 1.38 bits per heavy atom. The summed E-state index contributed by atoms with van der Waals surface area (Å²) in [5, 5.41) is 6.90. The van der Waals surface area contributed by atoms with Crippen LogP contribution in [0, 0.1) is 0 Å². The number of amides is 2. The summed E-state index contributed by atoms with van der Waals surface area (Å²) in [5.74, 6) is 0.0127. The van der Waals surface area contributed by atoms with Crippen LogP contribution in [-0.2, 0) is 16.0 Å². The van der Waals surface area contributed by atoms with Gasteiger partial charge in [-0.05, 0) is 43.5 Å². The molecule has 2 amide bonds. The molecule has 24 heavy (non-hydrogen) atoms. The normalized spacial score (nSPS) is 15.1. The minimum absolute atomic E-state index is 0.155. The second kappa shape index (κ2) is 6.82. The van der Waals surface area contributed by atoms with E-state index in [2.05, 4.69) is 22.3 Å². The van der Waals surface area contributed by atoms with E-state index in [0.29, 0.717) is 12.8 Å². The van der Waals surface area contributed by atoms with Crippen LogP contribution in [-0.4, -0.2) is 33.1 Å². The third-order valence-corrected chi connectivity index (χ3v) is 4.21. The summed E-state index contributed by atoms with van der Waals surface area (Å²) >= 11 is 0. The van der Waals surface area contributed by atoms with Gasteiger partial charge in [-0.3, -0.25) is 9.59 Å². The molecular weight excluding hydrogens is 306 g/mol. The molecule has 1 aliphatic heterocycles. The van der Waals surface area contributed by atoms with Crippen LogP contribution >= 0.6 is 0 Å². The molecule has 0 unspecified atom stereocenters. The zero-order valence-electron chi connectivity index (χ0n) is 13.9. The highest BCUT2D eigenvalue weighted by Crippen LogP contribution is 2.30. The fraction of sp³-hybridized carbons (Fsp3) is 0.412. The van der Waals surface area contributed by atoms with E-state index in [-0.39, 0.29) is 11.8 Å². The minimum atomic E-state index is -0.443. The molecule has 7 nitrogen and oxygen atoms in total. The quantitative estimate of drug-likeness (QED) is 0.912. The van der Waals surface area contributed by atoms with Gasteiger partial charge in [0, 0.05) is 24.3 Å². The Kier molecular flexibility index (Phi) is 4.59. The lowest BCUT2D eigenvalue weighted by Crippen LogP contribution is -2.35. The Morgan fingerprint density at radius 3 is 2.92 bits per heavy atom. The molecule has 2 aromatic rings. The molecule has 0 bridgehead atoms. The zero-order chi connectivity index (χ0) is 17.1. The van der Waals surface area contributed by atoms with Crippen molar-refractivity contribution in [3.05, 3.63) is 36.4 Å². The Bertz CT molecular complexity index is 741.